The molecule has 0 spiro atoms. The highest BCUT2D eigenvalue weighted by Crippen LogP contribution is 2.37. The Balaban J connectivity index is 1.97. The molecule has 1 aliphatic rings. The number of hydrogen-bond donors (Lipinski definition) is 0. The Hall–Kier alpha value is -1.43. The molecule has 1 fully saturated rings. The van der Waals surface area contributed by atoms with Gasteiger partial charge in [-0.15, -0.1) is 0 Å². The van der Waals surface area contributed by atoms with Gasteiger partial charge in [-0.3, -0.25) is 0 Å². The molecule has 0 saturated carbocycles. The maximum atomic E-state index is 13.0. The highest BCUT2D eigenvalue weighted by molar-refractivity contribution is 7.89. The number of halogens is 1. The zero-order valence-electron chi connectivity index (χ0n) is 13.2. The number of aryl methyl sites for hydroxylation is 2. The first kappa shape index (κ1) is 16.4. The maximum absolute atomic E-state index is 13.0. The van der Waals surface area contributed by atoms with E-state index in [0.717, 1.165) is 29.5 Å². The first-order chi connectivity index (χ1) is 10.9. The fourth-order valence-corrected chi connectivity index (χ4v) is 4.75. The summed E-state index contributed by atoms with van der Waals surface area (Å²) < 4.78 is 27.5. The average molecular weight is 351 g/mol. The van der Waals surface area contributed by atoms with Crippen LogP contribution in [0.2, 0.25) is 5.15 Å². The lowest BCUT2D eigenvalue weighted by Crippen LogP contribution is -2.30. The minimum Gasteiger partial charge on any atom is -0.244 e. The second kappa shape index (κ2) is 6.23. The van der Waals surface area contributed by atoms with Crippen molar-refractivity contribution in [1.29, 1.82) is 0 Å². The first-order valence-corrected chi connectivity index (χ1v) is 9.42. The Morgan fingerprint density at radius 1 is 1.22 bits per heavy atom. The number of pyridine rings is 1. The van der Waals surface area contributed by atoms with Gasteiger partial charge in [-0.2, -0.15) is 4.31 Å². The van der Waals surface area contributed by atoms with Crippen LogP contribution >= 0.6 is 11.6 Å². The van der Waals surface area contributed by atoms with Crippen LogP contribution in [0.15, 0.2) is 41.4 Å². The van der Waals surface area contributed by atoms with Crippen molar-refractivity contribution in [1.82, 2.24) is 9.29 Å². The van der Waals surface area contributed by atoms with Crippen LogP contribution in [-0.4, -0.2) is 24.3 Å². The summed E-state index contributed by atoms with van der Waals surface area (Å²) in [6.45, 7) is 4.35. The van der Waals surface area contributed by atoms with Crippen molar-refractivity contribution in [2.24, 2.45) is 0 Å². The zero-order valence-corrected chi connectivity index (χ0v) is 14.7. The zero-order chi connectivity index (χ0) is 16.6. The van der Waals surface area contributed by atoms with Crippen molar-refractivity contribution >= 4 is 21.6 Å². The van der Waals surface area contributed by atoms with Gasteiger partial charge in [-0.05, 0) is 56.0 Å². The van der Waals surface area contributed by atoms with E-state index >= 15 is 0 Å². The van der Waals surface area contributed by atoms with Crippen LogP contribution in [0.1, 0.15) is 35.6 Å². The fourth-order valence-electron chi connectivity index (χ4n) is 2.97. The average Bonchev–Trinajstić information content (AvgIpc) is 3.01. The lowest BCUT2D eigenvalue weighted by Gasteiger charge is -2.24. The highest BCUT2D eigenvalue weighted by Gasteiger charge is 2.36. The van der Waals surface area contributed by atoms with Gasteiger partial charge in [-0.25, -0.2) is 13.4 Å². The predicted octanol–water partition coefficient (Wildman–Crippen LogP) is 3.88. The van der Waals surface area contributed by atoms with E-state index in [0.29, 0.717) is 16.6 Å². The maximum Gasteiger partial charge on any atom is 0.243 e. The number of nitrogens with zero attached hydrogens (tertiary/aromatic N) is 2. The Labute approximate surface area is 142 Å². The molecule has 0 aliphatic carbocycles. The van der Waals surface area contributed by atoms with Gasteiger partial charge in [0.25, 0.3) is 0 Å². The smallest absolute Gasteiger partial charge is 0.243 e. The molecule has 2 aromatic rings. The van der Waals surface area contributed by atoms with E-state index in [4.69, 9.17) is 11.6 Å². The summed E-state index contributed by atoms with van der Waals surface area (Å²) in [5, 5.41) is 0.458. The van der Waals surface area contributed by atoms with Gasteiger partial charge >= 0.3 is 0 Å². The van der Waals surface area contributed by atoms with Crippen molar-refractivity contribution in [3.8, 4) is 0 Å². The summed E-state index contributed by atoms with van der Waals surface area (Å²) >= 11 is 5.98. The minimum absolute atomic E-state index is 0.176. The van der Waals surface area contributed by atoms with Gasteiger partial charge in [0.2, 0.25) is 10.0 Å². The van der Waals surface area contributed by atoms with Crippen LogP contribution in [-0.2, 0) is 10.0 Å². The number of benzene rings is 1. The molecule has 122 valence electrons. The van der Waals surface area contributed by atoms with E-state index in [2.05, 4.69) is 4.98 Å². The molecule has 1 unspecified atom stereocenters. The van der Waals surface area contributed by atoms with Gasteiger partial charge in [0.1, 0.15) is 5.15 Å². The molecule has 1 aliphatic heterocycles. The summed E-state index contributed by atoms with van der Waals surface area (Å²) in [7, 11) is -3.50. The SMILES string of the molecule is Cc1ccc(S(=O)(=O)N2CCCC2c2cnc(Cl)c(C)c2)cc1. The standard InChI is InChI=1S/C17H19ClN2O2S/c1-12-5-7-15(8-6-12)23(21,22)20-9-3-4-16(20)14-10-13(2)17(18)19-11-14/h5-8,10-11,16H,3-4,9H2,1-2H3. The number of aromatic nitrogens is 1. The largest absolute Gasteiger partial charge is 0.244 e. The summed E-state index contributed by atoms with van der Waals surface area (Å²) in [5.74, 6) is 0. The van der Waals surface area contributed by atoms with E-state index in [-0.39, 0.29) is 6.04 Å². The highest BCUT2D eigenvalue weighted by atomic mass is 35.5. The molecule has 23 heavy (non-hydrogen) atoms. The number of hydrogen-bond acceptors (Lipinski definition) is 3. The van der Waals surface area contributed by atoms with E-state index in [1.807, 2.05) is 32.0 Å². The van der Waals surface area contributed by atoms with Crippen LogP contribution in [0.3, 0.4) is 0 Å². The van der Waals surface area contributed by atoms with Crippen molar-refractivity contribution in [3.63, 3.8) is 0 Å². The third kappa shape index (κ3) is 3.13. The molecule has 1 aromatic carbocycles. The van der Waals surface area contributed by atoms with E-state index < -0.39 is 10.0 Å². The lowest BCUT2D eigenvalue weighted by molar-refractivity contribution is 0.396. The van der Waals surface area contributed by atoms with Gasteiger partial charge in [0, 0.05) is 12.7 Å². The number of sulfonamides is 1. The molecular weight excluding hydrogens is 332 g/mol. The van der Waals surface area contributed by atoms with Crippen LogP contribution in [0.4, 0.5) is 0 Å². The van der Waals surface area contributed by atoms with E-state index in [1.165, 1.54) is 0 Å². The van der Waals surface area contributed by atoms with Gasteiger partial charge in [0.05, 0.1) is 10.9 Å². The molecule has 0 bridgehead atoms. The summed E-state index contributed by atoms with van der Waals surface area (Å²) in [6.07, 6.45) is 3.33. The van der Waals surface area contributed by atoms with Gasteiger partial charge < -0.3 is 0 Å². The molecule has 3 rings (SSSR count). The topological polar surface area (TPSA) is 50.3 Å². The minimum atomic E-state index is -3.50. The molecule has 4 nitrogen and oxygen atoms in total. The van der Waals surface area contributed by atoms with Crippen molar-refractivity contribution in [2.75, 3.05) is 6.54 Å². The summed E-state index contributed by atoms with van der Waals surface area (Å²) in [5.41, 5.74) is 2.81. The molecule has 0 amide bonds. The molecule has 2 heterocycles. The second-order valence-electron chi connectivity index (χ2n) is 5.96. The quantitative estimate of drug-likeness (QED) is 0.789. The second-order valence-corrected chi connectivity index (χ2v) is 8.21. The molecular formula is C17H19ClN2O2S. The lowest BCUT2D eigenvalue weighted by atomic mass is 10.1. The predicted molar refractivity (Wildman–Crippen MR) is 91.0 cm³/mol. The van der Waals surface area contributed by atoms with Crippen molar-refractivity contribution < 1.29 is 8.42 Å². The fraction of sp³-hybridized carbons (Fsp3) is 0.353. The first-order valence-electron chi connectivity index (χ1n) is 7.60. The Kier molecular flexibility index (Phi) is 4.45. The molecule has 0 N–H and O–H groups in total. The van der Waals surface area contributed by atoms with Gasteiger partial charge in [0.15, 0.2) is 0 Å². The normalized spacial score (nSPS) is 19.2. The molecule has 1 saturated heterocycles. The van der Waals surface area contributed by atoms with Gasteiger partial charge in [-0.1, -0.05) is 29.3 Å². The molecule has 0 radical (unpaired) electrons. The van der Waals surface area contributed by atoms with Crippen molar-refractivity contribution in [3.05, 3.63) is 58.4 Å². The Morgan fingerprint density at radius 2 is 1.91 bits per heavy atom. The third-order valence-electron chi connectivity index (χ3n) is 4.25. The Morgan fingerprint density at radius 3 is 2.57 bits per heavy atom. The summed E-state index contributed by atoms with van der Waals surface area (Å²) in [6, 6.07) is 8.75. The molecule has 6 heteroatoms. The van der Waals surface area contributed by atoms with E-state index in [9.17, 15) is 8.42 Å². The van der Waals surface area contributed by atoms with Crippen LogP contribution in [0.5, 0.6) is 0 Å². The van der Waals surface area contributed by atoms with Crippen molar-refractivity contribution in [2.45, 2.75) is 37.6 Å². The number of rotatable bonds is 3. The Bertz CT molecular complexity index is 819. The van der Waals surface area contributed by atoms with Crippen LogP contribution in [0.25, 0.3) is 0 Å². The third-order valence-corrected chi connectivity index (χ3v) is 6.57. The monoisotopic (exact) mass is 350 g/mol. The molecule has 1 aromatic heterocycles. The van der Waals surface area contributed by atoms with E-state index in [1.54, 1.807) is 22.6 Å². The van der Waals surface area contributed by atoms with Crippen LogP contribution in [0, 0.1) is 13.8 Å². The van der Waals surface area contributed by atoms with Crippen LogP contribution < -0.4 is 0 Å². The molecule has 1 atom stereocenters. The summed E-state index contributed by atoms with van der Waals surface area (Å²) in [4.78, 5) is 4.51.